The largest absolute Gasteiger partial charge is 0.495 e. The molecule has 30 heavy (non-hydrogen) atoms. The van der Waals surface area contributed by atoms with E-state index in [-0.39, 0.29) is 5.91 Å². The number of thiophene rings is 1. The minimum atomic E-state index is -0.277. The van der Waals surface area contributed by atoms with Gasteiger partial charge in [-0.3, -0.25) is 4.79 Å². The fraction of sp³-hybridized carbons (Fsp3) is 0.143. The lowest BCUT2D eigenvalue weighted by molar-refractivity contribution is 0.103. The van der Waals surface area contributed by atoms with E-state index in [9.17, 15) is 4.79 Å². The Hall–Kier alpha value is -2.74. The van der Waals surface area contributed by atoms with Crippen molar-refractivity contribution in [3.63, 3.8) is 0 Å². The molecule has 1 amide bonds. The van der Waals surface area contributed by atoms with E-state index < -0.39 is 0 Å². The molecule has 9 heteroatoms. The Morgan fingerprint density at radius 1 is 1.07 bits per heavy atom. The smallest absolute Gasteiger partial charge is 0.265 e. The molecule has 2 aromatic heterocycles. The lowest BCUT2D eigenvalue weighted by Gasteiger charge is -2.12. The summed E-state index contributed by atoms with van der Waals surface area (Å²) in [4.78, 5) is 14.3. The number of amides is 1. The molecule has 0 saturated carbocycles. The van der Waals surface area contributed by atoms with Crippen molar-refractivity contribution in [1.29, 1.82) is 0 Å². The third-order valence-corrected chi connectivity index (χ3v) is 6.30. The number of rotatable bonds is 5. The topological polar surface area (TPSA) is 65.4 Å². The van der Waals surface area contributed by atoms with Gasteiger partial charge in [0.25, 0.3) is 5.91 Å². The van der Waals surface area contributed by atoms with Crippen molar-refractivity contribution in [3.8, 4) is 17.2 Å². The molecule has 0 unspecified atom stereocenters. The third kappa shape index (κ3) is 3.60. The fourth-order valence-electron chi connectivity index (χ4n) is 3.09. The van der Waals surface area contributed by atoms with Crippen LogP contribution in [0.1, 0.15) is 15.4 Å². The van der Waals surface area contributed by atoms with E-state index in [1.54, 1.807) is 22.9 Å². The first-order valence-corrected chi connectivity index (χ1v) is 10.5. The van der Waals surface area contributed by atoms with E-state index in [1.165, 1.54) is 25.6 Å². The van der Waals surface area contributed by atoms with Crippen molar-refractivity contribution in [2.45, 2.75) is 6.92 Å². The van der Waals surface area contributed by atoms with Crippen molar-refractivity contribution >= 4 is 56.3 Å². The molecular weight excluding hydrogens is 445 g/mol. The number of aryl methyl sites for hydroxylation is 1. The Morgan fingerprint density at radius 2 is 1.80 bits per heavy atom. The SMILES string of the molecule is COc1cc(OC)c(NC(=O)c2cc3c(C)nn(-c4ccccc4Cl)c3s2)cc1Cl. The van der Waals surface area contributed by atoms with Gasteiger partial charge in [0.1, 0.15) is 16.3 Å². The number of carbonyl (C=O) groups is 1. The predicted molar refractivity (Wildman–Crippen MR) is 121 cm³/mol. The van der Waals surface area contributed by atoms with Crippen LogP contribution in [0.5, 0.6) is 11.5 Å². The number of ether oxygens (including phenoxy) is 2. The number of carbonyl (C=O) groups excluding carboxylic acids is 1. The molecule has 4 rings (SSSR count). The van der Waals surface area contributed by atoms with Gasteiger partial charge < -0.3 is 14.8 Å². The van der Waals surface area contributed by atoms with Crippen LogP contribution >= 0.6 is 34.5 Å². The molecule has 0 bridgehead atoms. The van der Waals surface area contributed by atoms with E-state index in [2.05, 4.69) is 10.4 Å². The van der Waals surface area contributed by atoms with Crippen LogP contribution in [0.15, 0.2) is 42.5 Å². The highest BCUT2D eigenvalue weighted by atomic mass is 35.5. The highest BCUT2D eigenvalue weighted by Gasteiger charge is 2.20. The van der Waals surface area contributed by atoms with Crippen LogP contribution in [-0.4, -0.2) is 29.9 Å². The summed E-state index contributed by atoms with van der Waals surface area (Å²) in [5.41, 5.74) is 2.02. The quantitative estimate of drug-likeness (QED) is 0.397. The van der Waals surface area contributed by atoms with Crippen LogP contribution in [-0.2, 0) is 0 Å². The Bertz CT molecular complexity index is 1270. The second-order valence-electron chi connectivity index (χ2n) is 6.42. The Labute approximate surface area is 186 Å². The van der Waals surface area contributed by atoms with Crippen LogP contribution in [0.3, 0.4) is 0 Å². The van der Waals surface area contributed by atoms with Gasteiger partial charge in [-0.25, -0.2) is 4.68 Å². The number of hydrogen-bond donors (Lipinski definition) is 1. The highest BCUT2D eigenvalue weighted by Crippen LogP contribution is 2.37. The minimum Gasteiger partial charge on any atom is -0.495 e. The molecule has 0 saturated heterocycles. The molecular formula is C21H17Cl2N3O3S. The third-order valence-electron chi connectivity index (χ3n) is 4.57. The van der Waals surface area contributed by atoms with Gasteiger partial charge in [-0.2, -0.15) is 5.10 Å². The number of benzene rings is 2. The van der Waals surface area contributed by atoms with Gasteiger partial charge in [-0.05, 0) is 31.2 Å². The predicted octanol–water partition coefficient (Wildman–Crippen LogP) is 5.97. The van der Waals surface area contributed by atoms with E-state index >= 15 is 0 Å². The monoisotopic (exact) mass is 461 g/mol. The van der Waals surface area contributed by atoms with Crippen molar-refractivity contribution in [2.75, 3.05) is 19.5 Å². The highest BCUT2D eigenvalue weighted by molar-refractivity contribution is 7.20. The summed E-state index contributed by atoms with van der Waals surface area (Å²) < 4.78 is 12.3. The lowest BCUT2D eigenvalue weighted by atomic mass is 10.2. The summed E-state index contributed by atoms with van der Waals surface area (Å²) in [7, 11) is 3.03. The van der Waals surface area contributed by atoms with E-state index in [0.717, 1.165) is 21.6 Å². The van der Waals surface area contributed by atoms with Crippen LogP contribution in [0.2, 0.25) is 10.0 Å². The molecule has 0 aliphatic heterocycles. The number of nitrogens with zero attached hydrogens (tertiary/aromatic N) is 2. The summed E-state index contributed by atoms with van der Waals surface area (Å²) in [6.07, 6.45) is 0. The molecule has 0 fully saturated rings. The van der Waals surface area contributed by atoms with E-state index in [1.807, 2.05) is 31.2 Å². The van der Waals surface area contributed by atoms with Crippen LogP contribution < -0.4 is 14.8 Å². The number of anilines is 1. The van der Waals surface area contributed by atoms with Crippen molar-refractivity contribution < 1.29 is 14.3 Å². The molecule has 2 heterocycles. The number of aromatic nitrogens is 2. The fourth-order valence-corrected chi connectivity index (χ4v) is 4.62. The first-order valence-electron chi connectivity index (χ1n) is 8.90. The molecule has 6 nitrogen and oxygen atoms in total. The zero-order chi connectivity index (χ0) is 21.4. The first kappa shape index (κ1) is 20.5. The number of halogens is 2. The maximum Gasteiger partial charge on any atom is 0.265 e. The maximum atomic E-state index is 13.0. The number of hydrogen-bond acceptors (Lipinski definition) is 5. The van der Waals surface area contributed by atoms with Crippen molar-refractivity contribution in [1.82, 2.24) is 9.78 Å². The summed E-state index contributed by atoms with van der Waals surface area (Å²) in [5, 5.41) is 9.29. The standard InChI is InChI=1S/C21H17Cl2N3O3S/c1-11-12-8-19(30-21(12)26(25-11)16-7-5-4-6-13(16)22)20(27)24-15-9-14(23)17(28-2)10-18(15)29-3/h4-10H,1-3H3,(H,24,27). The minimum absolute atomic E-state index is 0.277. The van der Waals surface area contributed by atoms with Crippen LogP contribution in [0, 0.1) is 6.92 Å². The number of fused-ring (bicyclic) bond motifs is 1. The van der Waals surface area contributed by atoms with Gasteiger partial charge >= 0.3 is 0 Å². The van der Waals surface area contributed by atoms with Gasteiger partial charge in [0.05, 0.1) is 46.2 Å². The van der Waals surface area contributed by atoms with Gasteiger partial charge in [-0.15, -0.1) is 11.3 Å². The molecule has 0 atom stereocenters. The lowest BCUT2D eigenvalue weighted by Crippen LogP contribution is -2.11. The summed E-state index contributed by atoms with van der Waals surface area (Å²) in [5.74, 6) is 0.633. The zero-order valence-electron chi connectivity index (χ0n) is 16.3. The Kier molecular flexibility index (Phi) is 5.60. The second kappa shape index (κ2) is 8.18. The number of para-hydroxylation sites is 1. The summed E-state index contributed by atoms with van der Waals surface area (Å²) in [6.45, 7) is 1.90. The average Bonchev–Trinajstić information content (AvgIpc) is 3.29. The first-order chi connectivity index (χ1) is 14.4. The number of nitrogens with one attached hydrogen (secondary N) is 1. The molecule has 4 aromatic rings. The summed E-state index contributed by atoms with van der Waals surface area (Å²) in [6, 6.07) is 12.5. The average molecular weight is 462 g/mol. The Balaban J connectivity index is 1.71. The number of methoxy groups -OCH3 is 2. The van der Waals surface area contributed by atoms with Crippen molar-refractivity contribution in [2.24, 2.45) is 0 Å². The molecule has 1 N–H and O–H groups in total. The van der Waals surface area contributed by atoms with E-state index in [4.69, 9.17) is 32.7 Å². The van der Waals surface area contributed by atoms with Gasteiger partial charge in [0, 0.05) is 11.5 Å². The normalized spacial score (nSPS) is 11.0. The molecule has 154 valence electrons. The molecule has 2 aromatic carbocycles. The van der Waals surface area contributed by atoms with Crippen LogP contribution in [0.25, 0.3) is 15.9 Å². The van der Waals surface area contributed by atoms with Gasteiger partial charge in [0.15, 0.2) is 0 Å². The maximum absolute atomic E-state index is 13.0. The van der Waals surface area contributed by atoms with Crippen LogP contribution in [0.4, 0.5) is 5.69 Å². The second-order valence-corrected chi connectivity index (χ2v) is 8.26. The van der Waals surface area contributed by atoms with Gasteiger partial charge in [-0.1, -0.05) is 35.3 Å². The van der Waals surface area contributed by atoms with Gasteiger partial charge in [0.2, 0.25) is 0 Å². The molecule has 0 aliphatic rings. The molecule has 0 radical (unpaired) electrons. The molecule has 0 aliphatic carbocycles. The Morgan fingerprint density at radius 3 is 2.50 bits per heavy atom. The van der Waals surface area contributed by atoms with Crippen molar-refractivity contribution in [3.05, 3.63) is 63.1 Å². The summed E-state index contributed by atoms with van der Waals surface area (Å²) >= 11 is 13.9. The molecule has 0 spiro atoms. The van der Waals surface area contributed by atoms with E-state index in [0.29, 0.717) is 32.1 Å². The zero-order valence-corrected chi connectivity index (χ0v) is 18.7.